The Bertz CT molecular complexity index is 1020. The molecule has 0 amide bonds. The minimum absolute atomic E-state index is 0.258. The lowest BCUT2D eigenvalue weighted by Gasteiger charge is -2.06. The summed E-state index contributed by atoms with van der Waals surface area (Å²) in [6.45, 7) is 0.611. The first-order valence-corrected chi connectivity index (χ1v) is 7.66. The van der Waals surface area contributed by atoms with Crippen LogP contribution in [0.1, 0.15) is 18.7 Å². The van der Waals surface area contributed by atoms with Crippen molar-refractivity contribution in [3.05, 3.63) is 40.6 Å². The molecule has 3 heterocycles. The van der Waals surface area contributed by atoms with E-state index in [0.717, 1.165) is 41.7 Å². The van der Waals surface area contributed by atoms with E-state index in [1.54, 1.807) is 0 Å². The van der Waals surface area contributed by atoms with Crippen molar-refractivity contribution in [3.8, 4) is 5.75 Å². The van der Waals surface area contributed by atoms with Gasteiger partial charge in [-0.05, 0) is 37.1 Å². The van der Waals surface area contributed by atoms with Gasteiger partial charge in [0.05, 0.1) is 17.6 Å². The number of fused-ring (bicyclic) bond motifs is 2. The molecule has 122 valence electrons. The van der Waals surface area contributed by atoms with Gasteiger partial charge in [-0.2, -0.15) is 5.21 Å². The lowest BCUT2D eigenvalue weighted by molar-refractivity contribution is 0.307. The molecule has 24 heavy (non-hydrogen) atoms. The molecule has 0 saturated carbocycles. The highest BCUT2D eigenvalue weighted by Gasteiger charge is 2.05. The van der Waals surface area contributed by atoms with Crippen LogP contribution in [0.4, 0.5) is 0 Å². The summed E-state index contributed by atoms with van der Waals surface area (Å²) in [5.74, 6) is 1.50. The molecule has 0 aliphatic heterocycles. The average Bonchev–Trinajstić information content (AvgIpc) is 3.20. The van der Waals surface area contributed by atoms with E-state index < -0.39 is 0 Å². The Morgan fingerprint density at radius 1 is 1.12 bits per heavy atom. The van der Waals surface area contributed by atoms with Crippen LogP contribution in [0.3, 0.4) is 0 Å². The molecule has 0 radical (unpaired) electrons. The van der Waals surface area contributed by atoms with Gasteiger partial charge < -0.3 is 9.72 Å². The number of aryl methyl sites for hydroxylation is 1. The first-order valence-electron chi connectivity index (χ1n) is 7.66. The number of ether oxygens (including phenoxy) is 1. The minimum Gasteiger partial charge on any atom is -0.494 e. The van der Waals surface area contributed by atoms with Crippen LogP contribution in [-0.2, 0) is 6.42 Å². The lowest BCUT2D eigenvalue weighted by atomic mass is 10.2. The van der Waals surface area contributed by atoms with E-state index in [1.807, 2.05) is 24.3 Å². The van der Waals surface area contributed by atoms with Gasteiger partial charge in [0.15, 0.2) is 11.5 Å². The monoisotopic (exact) mass is 325 g/mol. The van der Waals surface area contributed by atoms with Crippen LogP contribution in [0.5, 0.6) is 5.75 Å². The number of pyridine rings is 1. The molecular weight excluding hydrogens is 310 g/mol. The maximum absolute atomic E-state index is 11.3. The zero-order valence-electron chi connectivity index (χ0n) is 12.7. The van der Waals surface area contributed by atoms with Crippen LogP contribution in [0, 0.1) is 0 Å². The smallest absolute Gasteiger partial charge is 0.325 e. The molecule has 0 bridgehead atoms. The second-order valence-electron chi connectivity index (χ2n) is 5.45. The predicted octanol–water partition coefficient (Wildman–Crippen LogP) is 1.32. The van der Waals surface area contributed by atoms with Crippen molar-refractivity contribution in [1.29, 1.82) is 0 Å². The second-order valence-corrected chi connectivity index (χ2v) is 5.45. The topological polar surface area (TPSA) is 125 Å². The van der Waals surface area contributed by atoms with E-state index in [-0.39, 0.29) is 5.69 Å². The normalized spacial score (nSPS) is 11.3. The Kier molecular flexibility index (Phi) is 3.66. The summed E-state index contributed by atoms with van der Waals surface area (Å²) in [5.41, 5.74) is 1.79. The van der Waals surface area contributed by atoms with Gasteiger partial charge in [0.2, 0.25) is 0 Å². The largest absolute Gasteiger partial charge is 0.494 e. The lowest BCUT2D eigenvalue weighted by Crippen LogP contribution is -1.99. The molecule has 9 nitrogen and oxygen atoms in total. The summed E-state index contributed by atoms with van der Waals surface area (Å²) < 4.78 is 5.78. The standard InChI is InChI=1S/C15H15N7O2/c23-15-17-12-8-9-7-10(4-5-11(9)16-14(12)18-15)24-6-2-1-3-13-19-21-22-20-13/h4-5,7-8H,1-3,6H2,(H2,16,17,18,23)(H,19,20,21,22). The number of rotatable bonds is 6. The Hall–Kier alpha value is -3.23. The minimum atomic E-state index is -0.258. The fourth-order valence-electron chi connectivity index (χ4n) is 2.56. The third-order valence-corrected chi connectivity index (χ3v) is 3.72. The third kappa shape index (κ3) is 2.96. The van der Waals surface area contributed by atoms with Gasteiger partial charge in [0, 0.05) is 11.8 Å². The highest BCUT2D eigenvalue weighted by Crippen LogP contribution is 2.22. The number of hydrogen-bond donors (Lipinski definition) is 3. The summed E-state index contributed by atoms with van der Waals surface area (Å²) in [6.07, 6.45) is 2.61. The quantitative estimate of drug-likeness (QED) is 0.459. The molecule has 4 aromatic rings. The third-order valence-electron chi connectivity index (χ3n) is 3.72. The van der Waals surface area contributed by atoms with Crippen LogP contribution in [0.2, 0.25) is 0 Å². The molecule has 0 spiro atoms. The SMILES string of the molecule is O=c1[nH]c2cc3cc(OCCCCc4nn[nH]n4)ccc3nc2[nH]1. The molecule has 9 heteroatoms. The first-order chi connectivity index (χ1) is 11.8. The van der Waals surface area contributed by atoms with Crippen molar-refractivity contribution in [1.82, 2.24) is 35.6 Å². The molecule has 3 aromatic heterocycles. The molecule has 4 rings (SSSR count). The summed E-state index contributed by atoms with van der Waals surface area (Å²) >= 11 is 0. The van der Waals surface area contributed by atoms with E-state index in [2.05, 4.69) is 35.6 Å². The number of hydrogen-bond acceptors (Lipinski definition) is 6. The molecule has 0 saturated heterocycles. The number of nitrogens with one attached hydrogen (secondary N) is 3. The zero-order chi connectivity index (χ0) is 16.4. The number of unbranched alkanes of at least 4 members (excludes halogenated alkanes) is 1. The van der Waals surface area contributed by atoms with Crippen LogP contribution >= 0.6 is 0 Å². The molecular formula is C15H15N7O2. The van der Waals surface area contributed by atoms with Gasteiger partial charge in [0.25, 0.3) is 0 Å². The van der Waals surface area contributed by atoms with E-state index in [0.29, 0.717) is 17.8 Å². The van der Waals surface area contributed by atoms with Crippen molar-refractivity contribution >= 4 is 22.1 Å². The van der Waals surface area contributed by atoms with Gasteiger partial charge in [0.1, 0.15) is 5.75 Å². The van der Waals surface area contributed by atoms with Gasteiger partial charge in [-0.1, -0.05) is 5.21 Å². The fourth-order valence-corrected chi connectivity index (χ4v) is 2.56. The number of imidazole rings is 1. The van der Waals surface area contributed by atoms with Crippen molar-refractivity contribution in [3.63, 3.8) is 0 Å². The van der Waals surface area contributed by atoms with E-state index in [1.165, 1.54) is 0 Å². The van der Waals surface area contributed by atoms with Crippen molar-refractivity contribution < 1.29 is 4.74 Å². The average molecular weight is 325 g/mol. The Morgan fingerprint density at radius 3 is 2.96 bits per heavy atom. The summed E-state index contributed by atoms with van der Waals surface area (Å²) in [4.78, 5) is 21.1. The Morgan fingerprint density at radius 2 is 2.08 bits per heavy atom. The summed E-state index contributed by atoms with van der Waals surface area (Å²) in [7, 11) is 0. The predicted molar refractivity (Wildman–Crippen MR) is 86.8 cm³/mol. The number of H-pyrrole nitrogens is 3. The number of tetrazole rings is 1. The number of benzene rings is 1. The van der Waals surface area contributed by atoms with Crippen LogP contribution in [-0.4, -0.2) is 42.2 Å². The van der Waals surface area contributed by atoms with E-state index in [4.69, 9.17) is 4.74 Å². The summed E-state index contributed by atoms with van der Waals surface area (Å²) in [6, 6.07) is 7.57. The van der Waals surface area contributed by atoms with E-state index >= 15 is 0 Å². The first kappa shape index (κ1) is 14.4. The van der Waals surface area contributed by atoms with Crippen molar-refractivity contribution in [2.75, 3.05) is 6.61 Å². The molecule has 0 unspecified atom stereocenters. The Labute approximate surface area is 135 Å². The number of aromatic nitrogens is 7. The van der Waals surface area contributed by atoms with Crippen LogP contribution < -0.4 is 10.4 Å². The Balaban J connectivity index is 1.40. The van der Waals surface area contributed by atoms with Gasteiger partial charge in [-0.15, -0.1) is 10.2 Å². The van der Waals surface area contributed by atoms with Gasteiger partial charge in [-0.25, -0.2) is 9.78 Å². The summed E-state index contributed by atoms with van der Waals surface area (Å²) in [5, 5.41) is 14.7. The highest BCUT2D eigenvalue weighted by molar-refractivity contribution is 5.89. The molecule has 0 aliphatic carbocycles. The molecule has 0 fully saturated rings. The molecule has 0 atom stereocenters. The molecule has 0 aliphatic rings. The van der Waals surface area contributed by atoms with E-state index in [9.17, 15) is 4.79 Å². The highest BCUT2D eigenvalue weighted by atomic mass is 16.5. The number of nitrogens with zero attached hydrogens (tertiary/aromatic N) is 4. The van der Waals surface area contributed by atoms with Gasteiger partial charge in [-0.3, -0.25) is 4.98 Å². The van der Waals surface area contributed by atoms with Crippen molar-refractivity contribution in [2.45, 2.75) is 19.3 Å². The maximum atomic E-state index is 11.3. The zero-order valence-corrected chi connectivity index (χ0v) is 12.7. The van der Waals surface area contributed by atoms with Gasteiger partial charge >= 0.3 is 5.69 Å². The maximum Gasteiger partial charge on any atom is 0.325 e. The van der Waals surface area contributed by atoms with Crippen molar-refractivity contribution in [2.24, 2.45) is 0 Å². The second kappa shape index (κ2) is 6.11. The van der Waals surface area contributed by atoms with Crippen LogP contribution in [0.15, 0.2) is 29.1 Å². The molecule has 3 N–H and O–H groups in total. The van der Waals surface area contributed by atoms with Crippen LogP contribution in [0.25, 0.3) is 22.1 Å². The number of aromatic amines is 3. The molecule has 1 aromatic carbocycles. The fraction of sp³-hybridized carbons (Fsp3) is 0.267.